The van der Waals surface area contributed by atoms with E-state index in [-0.39, 0.29) is 0 Å². The van der Waals surface area contributed by atoms with E-state index in [0.717, 1.165) is 16.4 Å². The molecule has 4 rings (SSSR count). The van der Waals surface area contributed by atoms with Crippen LogP contribution < -0.4 is 0 Å². The normalized spacial score (nSPS) is 10.6. The van der Waals surface area contributed by atoms with Gasteiger partial charge in [-0.25, -0.2) is 9.97 Å². The van der Waals surface area contributed by atoms with Crippen LogP contribution in [0.4, 0.5) is 0 Å². The molecule has 2 aromatic heterocycles. The zero-order valence-electron chi connectivity index (χ0n) is 11.4. The van der Waals surface area contributed by atoms with Crippen LogP contribution in [0.5, 0.6) is 0 Å². The van der Waals surface area contributed by atoms with Gasteiger partial charge in [-0.1, -0.05) is 40.2 Å². The fourth-order valence-corrected chi connectivity index (χ4v) is 4.01. The molecule has 2 aromatic carbocycles. The molecule has 0 spiro atoms. The van der Waals surface area contributed by atoms with Crippen LogP contribution in [0.2, 0.25) is 0 Å². The van der Waals surface area contributed by atoms with Crippen molar-refractivity contribution in [3.8, 4) is 0 Å². The van der Waals surface area contributed by atoms with Gasteiger partial charge in [0, 0.05) is 5.33 Å². The Morgan fingerprint density at radius 2 is 1.52 bits per heavy atom. The second kappa shape index (κ2) is 6.64. The number of rotatable bonds is 1. The summed E-state index contributed by atoms with van der Waals surface area (Å²) in [7, 11) is 0. The number of hydrogen-bond donors (Lipinski definition) is 0. The van der Waals surface area contributed by atoms with Gasteiger partial charge in [-0.3, -0.25) is 0 Å². The largest absolute Gasteiger partial charge is 0.244 e. The van der Waals surface area contributed by atoms with Crippen molar-refractivity contribution in [1.82, 2.24) is 9.97 Å². The van der Waals surface area contributed by atoms with E-state index < -0.39 is 0 Å². The number of nitrogens with zero attached hydrogens (tertiary/aromatic N) is 2. The smallest absolute Gasteiger partial charge is 0.0852 e. The molecule has 0 bridgehead atoms. The van der Waals surface area contributed by atoms with Gasteiger partial charge in [0.05, 0.1) is 31.5 Å². The molecular weight excluding hydrogens is 364 g/mol. The number of halogens is 1. The predicted octanol–water partition coefficient (Wildman–Crippen LogP) is 5.80. The van der Waals surface area contributed by atoms with E-state index in [1.165, 1.54) is 20.5 Å². The fourth-order valence-electron chi connectivity index (χ4n) is 2.08. The number of alkyl halides is 1. The first-order valence-electron chi connectivity index (χ1n) is 6.45. The van der Waals surface area contributed by atoms with Crippen LogP contribution >= 0.6 is 38.6 Å². The minimum Gasteiger partial charge on any atom is -0.244 e. The first-order valence-corrected chi connectivity index (χ1v) is 9.33. The number of benzene rings is 2. The molecule has 0 saturated carbocycles. The summed E-state index contributed by atoms with van der Waals surface area (Å²) >= 11 is 6.80. The summed E-state index contributed by atoms with van der Waals surface area (Å²) in [6.45, 7) is 2.09. The molecule has 0 unspecified atom stereocenters. The minimum atomic E-state index is 0.883. The molecule has 0 radical (unpaired) electrons. The molecule has 21 heavy (non-hydrogen) atoms. The van der Waals surface area contributed by atoms with Crippen LogP contribution in [0, 0.1) is 6.92 Å². The molecule has 0 atom stereocenters. The van der Waals surface area contributed by atoms with Gasteiger partial charge in [-0.05, 0) is 30.2 Å². The number of hydrogen-bond acceptors (Lipinski definition) is 4. The molecule has 0 N–H and O–H groups in total. The van der Waals surface area contributed by atoms with Crippen molar-refractivity contribution in [1.29, 1.82) is 0 Å². The molecule has 0 fully saturated rings. The summed E-state index contributed by atoms with van der Waals surface area (Å²) in [5, 5.41) is 0.883. The molecule has 0 aliphatic heterocycles. The Hall–Kier alpha value is -1.30. The third-order valence-corrected chi connectivity index (χ3v) is 5.34. The van der Waals surface area contributed by atoms with Crippen molar-refractivity contribution < 1.29 is 0 Å². The van der Waals surface area contributed by atoms with Crippen molar-refractivity contribution in [2.45, 2.75) is 12.3 Å². The Labute approximate surface area is 139 Å². The van der Waals surface area contributed by atoms with Crippen molar-refractivity contribution in [3.63, 3.8) is 0 Å². The maximum absolute atomic E-state index is 4.28. The van der Waals surface area contributed by atoms with Crippen LogP contribution in [0.1, 0.15) is 11.1 Å². The quantitative estimate of drug-likeness (QED) is 0.392. The van der Waals surface area contributed by atoms with Crippen LogP contribution in [-0.4, -0.2) is 9.97 Å². The van der Waals surface area contributed by atoms with Crippen molar-refractivity contribution in [2.24, 2.45) is 0 Å². The van der Waals surface area contributed by atoms with Crippen LogP contribution in [-0.2, 0) is 5.33 Å². The highest BCUT2D eigenvalue weighted by molar-refractivity contribution is 9.08. The Morgan fingerprint density at radius 1 is 0.905 bits per heavy atom. The third-order valence-electron chi connectivity index (χ3n) is 3.15. The van der Waals surface area contributed by atoms with E-state index in [2.05, 4.69) is 69.2 Å². The molecule has 2 heterocycles. The van der Waals surface area contributed by atoms with Crippen LogP contribution in [0.3, 0.4) is 0 Å². The highest BCUT2D eigenvalue weighted by atomic mass is 79.9. The van der Waals surface area contributed by atoms with Gasteiger partial charge in [-0.2, -0.15) is 0 Å². The zero-order valence-corrected chi connectivity index (χ0v) is 14.6. The zero-order chi connectivity index (χ0) is 14.7. The van der Waals surface area contributed by atoms with Gasteiger partial charge in [0.1, 0.15) is 0 Å². The van der Waals surface area contributed by atoms with Crippen LogP contribution in [0.15, 0.2) is 47.4 Å². The van der Waals surface area contributed by atoms with E-state index in [0.29, 0.717) is 0 Å². The summed E-state index contributed by atoms with van der Waals surface area (Å²) in [5.74, 6) is 0. The Bertz CT molecular complexity index is 867. The van der Waals surface area contributed by atoms with Gasteiger partial charge in [0.2, 0.25) is 0 Å². The van der Waals surface area contributed by atoms with E-state index in [9.17, 15) is 0 Å². The molecule has 0 saturated heterocycles. The van der Waals surface area contributed by atoms with Gasteiger partial charge in [-0.15, -0.1) is 22.7 Å². The van der Waals surface area contributed by atoms with Gasteiger partial charge >= 0.3 is 0 Å². The number of fused-ring (bicyclic) bond motifs is 2. The van der Waals surface area contributed by atoms with Crippen molar-refractivity contribution in [3.05, 3.63) is 58.5 Å². The summed E-state index contributed by atoms with van der Waals surface area (Å²) in [6.07, 6.45) is 0. The molecule has 0 amide bonds. The summed E-state index contributed by atoms with van der Waals surface area (Å²) in [6, 6.07) is 12.5. The van der Waals surface area contributed by atoms with Gasteiger partial charge in [0.15, 0.2) is 0 Å². The molecule has 106 valence electrons. The lowest BCUT2D eigenvalue weighted by molar-refractivity contribution is 1.41. The molecular formula is C16H13BrN2S2. The number of aryl methyl sites for hydroxylation is 1. The Morgan fingerprint density at radius 3 is 2.19 bits per heavy atom. The average molecular weight is 377 g/mol. The molecule has 0 aliphatic rings. The SMILES string of the molecule is BrCc1cccc2scnc12.Cc1cccc2scnc12. The highest BCUT2D eigenvalue weighted by Crippen LogP contribution is 2.22. The van der Waals surface area contributed by atoms with E-state index in [1.54, 1.807) is 22.7 Å². The van der Waals surface area contributed by atoms with Gasteiger partial charge < -0.3 is 0 Å². The molecule has 0 aliphatic carbocycles. The second-order valence-electron chi connectivity index (χ2n) is 4.52. The predicted molar refractivity (Wildman–Crippen MR) is 96.6 cm³/mol. The first-order chi connectivity index (χ1) is 10.3. The lowest BCUT2D eigenvalue weighted by Gasteiger charge is -1.94. The maximum atomic E-state index is 4.28. The Balaban J connectivity index is 0.000000126. The standard InChI is InChI=1S/C8H6BrNS.C8H7NS/c9-4-6-2-1-3-7-8(6)10-5-11-7;1-6-3-2-4-7-8(6)9-5-10-7/h1-3,5H,4H2;2-5H,1H3. The summed E-state index contributed by atoms with van der Waals surface area (Å²) in [4.78, 5) is 8.51. The topological polar surface area (TPSA) is 25.8 Å². The summed E-state index contributed by atoms with van der Waals surface area (Å²) < 4.78 is 2.54. The second-order valence-corrected chi connectivity index (χ2v) is 6.86. The monoisotopic (exact) mass is 376 g/mol. The van der Waals surface area contributed by atoms with E-state index >= 15 is 0 Å². The Kier molecular flexibility index (Phi) is 4.63. The highest BCUT2D eigenvalue weighted by Gasteiger charge is 2.00. The van der Waals surface area contributed by atoms with Crippen molar-refractivity contribution in [2.75, 3.05) is 0 Å². The molecule has 4 aromatic rings. The fraction of sp³-hybridized carbons (Fsp3) is 0.125. The lowest BCUT2D eigenvalue weighted by Crippen LogP contribution is -1.78. The van der Waals surface area contributed by atoms with Crippen LogP contribution in [0.25, 0.3) is 20.4 Å². The van der Waals surface area contributed by atoms with E-state index in [4.69, 9.17) is 0 Å². The number of para-hydroxylation sites is 2. The van der Waals surface area contributed by atoms with Crippen molar-refractivity contribution >= 4 is 59.0 Å². The third kappa shape index (κ3) is 3.15. The minimum absolute atomic E-state index is 0.883. The molecule has 2 nitrogen and oxygen atoms in total. The number of aromatic nitrogens is 2. The lowest BCUT2D eigenvalue weighted by atomic mass is 10.2. The number of thiazole rings is 2. The van der Waals surface area contributed by atoms with E-state index in [1.807, 2.05) is 11.0 Å². The maximum Gasteiger partial charge on any atom is 0.0852 e. The molecule has 5 heteroatoms. The van der Waals surface area contributed by atoms with Gasteiger partial charge in [0.25, 0.3) is 0 Å². The summed E-state index contributed by atoms with van der Waals surface area (Å²) in [5.41, 5.74) is 8.58. The average Bonchev–Trinajstić information content (AvgIpc) is 3.16. The first kappa shape index (κ1) is 14.6.